The molecule has 0 unspecified atom stereocenters. The van der Waals surface area contributed by atoms with Crippen molar-refractivity contribution in [3.05, 3.63) is 35.1 Å². The van der Waals surface area contributed by atoms with E-state index in [1.54, 1.807) is 11.0 Å². The van der Waals surface area contributed by atoms with Crippen molar-refractivity contribution < 1.29 is 14.3 Å². The van der Waals surface area contributed by atoms with Crippen LogP contribution in [0.4, 0.5) is 4.39 Å². The molecular weight excluding hydrogens is 257 g/mol. The topological polar surface area (TPSA) is 40.5 Å². The van der Waals surface area contributed by atoms with E-state index in [9.17, 15) is 9.18 Å². The fourth-order valence-corrected chi connectivity index (χ4v) is 1.93. The number of carbonyl (C=O) groups excluding carboxylic acids is 1. The lowest BCUT2D eigenvalue weighted by molar-refractivity contribution is 0.0751. The van der Waals surface area contributed by atoms with Crippen molar-refractivity contribution in [2.24, 2.45) is 0 Å². The van der Waals surface area contributed by atoms with Gasteiger partial charge in [-0.1, -0.05) is 25.7 Å². The Hall–Kier alpha value is -1.86. The first-order valence-electron chi connectivity index (χ1n) is 6.82. The van der Waals surface area contributed by atoms with Crippen LogP contribution >= 0.6 is 0 Å². The number of aliphatic hydroxyl groups is 1. The smallest absolute Gasteiger partial charge is 0.256 e. The van der Waals surface area contributed by atoms with Gasteiger partial charge >= 0.3 is 0 Å². The molecule has 0 atom stereocenters. The summed E-state index contributed by atoms with van der Waals surface area (Å²) in [5.41, 5.74) is 0.520. The van der Waals surface area contributed by atoms with Crippen LogP contribution in [-0.4, -0.2) is 35.6 Å². The number of amides is 1. The Morgan fingerprint density at radius 1 is 1.30 bits per heavy atom. The van der Waals surface area contributed by atoms with Crippen molar-refractivity contribution in [1.29, 1.82) is 0 Å². The summed E-state index contributed by atoms with van der Waals surface area (Å²) in [6.07, 6.45) is 1.68. The monoisotopic (exact) mass is 277 g/mol. The lowest BCUT2D eigenvalue weighted by Gasteiger charge is -2.21. The molecule has 1 aromatic carbocycles. The lowest BCUT2D eigenvalue weighted by Crippen LogP contribution is -2.33. The number of aliphatic hydroxyl groups excluding tert-OH is 1. The van der Waals surface area contributed by atoms with E-state index in [1.807, 2.05) is 13.8 Å². The van der Waals surface area contributed by atoms with Crippen molar-refractivity contribution in [3.8, 4) is 11.8 Å². The summed E-state index contributed by atoms with van der Waals surface area (Å²) in [4.78, 5) is 13.9. The van der Waals surface area contributed by atoms with Gasteiger partial charge in [-0.3, -0.25) is 4.79 Å². The van der Waals surface area contributed by atoms with Crippen molar-refractivity contribution in [2.45, 2.75) is 26.7 Å². The highest BCUT2D eigenvalue weighted by Gasteiger charge is 2.18. The maximum absolute atomic E-state index is 14.0. The molecule has 0 bridgehead atoms. The summed E-state index contributed by atoms with van der Waals surface area (Å²) in [6, 6.07) is 4.28. The SMILES string of the molecule is CCCN(CCC)C(=O)c1ccc(C#CCO)cc1F. The first-order chi connectivity index (χ1) is 9.63. The zero-order valence-electron chi connectivity index (χ0n) is 11.9. The van der Waals surface area contributed by atoms with E-state index in [-0.39, 0.29) is 18.1 Å². The Bertz CT molecular complexity index is 511. The van der Waals surface area contributed by atoms with Crippen LogP contribution in [0.15, 0.2) is 18.2 Å². The minimum Gasteiger partial charge on any atom is -0.384 e. The number of hydrogen-bond acceptors (Lipinski definition) is 2. The normalized spacial score (nSPS) is 9.80. The average molecular weight is 277 g/mol. The fraction of sp³-hybridized carbons (Fsp3) is 0.438. The number of halogens is 1. The molecule has 0 spiro atoms. The maximum atomic E-state index is 14.0. The fourth-order valence-electron chi connectivity index (χ4n) is 1.93. The molecular formula is C16H20FNO2. The molecule has 0 fully saturated rings. The highest BCUT2D eigenvalue weighted by molar-refractivity contribution is 5.94. The average Bonchev–Trinajstić information content (AvgIpc) is 2.44. The van der Waals surface area contributed by atoms with Gasteiger partial charge in [0.25, 0.3) is 5.91 Å². The quantitative estimate of drug-likeness (QED) is 0.840. The number of carbonyl (C=O) groups is 1. The van der Waals surface area contributed by atoms with Gasteiger partial charge in [0, 0.05) is 18.7 Å². The van der Waals surface area contributed by atoms with E-state index >= 15 is 0 Å². The second kappa shape index (κ2) is 8.34. The molecule has 1 amide bonds. The van der Waals surface area contributed by atoms with Gasteiger partial charge in [0.15, 0.2) is 0 Å². The highest BCUT2D eigenvalue weighted by atomic mass is 19.1. The first kappa shape index (κ1) is 16.2. The molecule has 0 aromatic heterocycles. The molecule has 0 aliphatic carbocycles. The van der Waals surface area contributed by atoms with E-state index < -0.39 is 5.82 Å². The van der Waals surface area contributed by atoms with Gasteiger partial charge in [0.1, 0.15) is 12.4 Å². The van der Waals surface area contributed by atoms with E-state index in [0.717, 1.165) is 12.8 Å². The molecule has 0 heterocycles. The molecule has 0 aliphatic heterocycles. The molecule has 0 saturated heterocycles. The third kappa shape index (κ3) is 4.36. The van der Waals surface area contributed by atoms with Crippen LogP contribution in [0.1, 0.15) is 42.6 Å². The van der Waals surface area contributed by atoms with Gasteiger partial charge in [0.05, 0.1) is 5.56 Å². The summed E-state index contributed by atoms with van der Waals surface area (Å²) < 4.78 is 14.0. The third-order valence-electron chi connectivity index (χ3n) is 2.79. The van der Waals surface area contributed by atoms with E-state index in [1.165, 1.54) is 12.1 Å². The summed E-state index contributed by atoms with van der Waals surface area (Å²) >= 11 is 0. The van der Waals surface area contributed by atoms with E-state index in [2.05, 4.69) is 11.8 Å². The molecule has 1 aromatic rings. The zero-order chi connectivity index (χ0) is 15.0. The van der Waals surface area contributed by atoms with Crippen molar-refractivity contribution >= 4 is 5.91 Å². The summed E-state index contributed by atoms with van der Waals surface area (Å²) in [7, 11) is 0. The minimum absolute atomic E-state index is 0.0708. The van der Waals surface area contributed by atoms with Crippen LogP contribution in [0.3, 0.4) is 0 Å². The Balaban J connectivity index is 2.97. The lowest BCUT2D eigenvalue weighted by atomic mass is 10.1. The van der Waals surface area contributed by atoms with Crippen LogP contribution in [0, 0.1) is 17.7 Å². The second-order valence-electron chi connectivity index (χ2n) is 4.45. The Kier molecular flexibility index (Phi) is 6.75. The Morgan fingerprint density at radius 2 is 1.95 bits per heavy atom. The number of benzene rings is 1. The predicted octanol–water partition coefficient (Wildman–Crippen LogP) is 2.43. The van der Waals surface area contributed by atoms with E-state index in [4.69, 9.17) is 5.11 Å². The van der Waals surface area contributed by atoms with Crippen molar-refractivity contribution in [3.63, 3.8) is 0 Å². The van der Waals surface area contributed by atoms with Crippen LogP contribution in [0.2, 0.25) is 0 Å². The highest BCUT2D eigenvalue weighted by Crippen LogP contribution is 2.13. The molecule has 0 radical (unpaired) electrons. The number of rotatable bonds is 5. The van der Waals surface area contributed by atoms with E-state index in [0.29, 0.717) is 18.7 Å². The van der Waals surface area contributed by atoms with Gasteiger partial charge in [-0.2, -0.15) is 0 Å². The molecule has 1 rings (SSSR count). The van der Waals surface area contributed by atoms with Crippen LogP contribution in [-0.2, 0) is 0 Å². The van der Waals surface area contributed by atoms with Crippen LogP contribution < -0.4 is 0 Å². The molecule has 4 heteroatoms. The van der Waals surface area contributed by atoms with Crippen molar-refractivity contribution in [2.75, 3.05) is 19.7 Å². The minimum atomic E-state index is -0.572. The van der Waals surface area contributed by atoms with Crippen LogP contribution in [0.25, 0.3) is 0 Å². The third-order valence-corrected chi connectivity index (χ3v) is 2.79. The molecule has 3 nitrogen and oxygen atoms in total. The molecule has 0 saturated carbocycles. The molecule has 20 heavy (non-hydrogen) atoms. The standard InChI is InChI=1S/C16H20FNO2/c1-3-9-18(10-4-2)16(20)14-8-7-13(6-5-11-19)12-15(14)17/h7-8,12,19H,3-4,9-11H2,1-2H3. The number of nitrogens with zero attached hydrogens (tertiary/aromatic N) is 1. The molecule has 1 N–H and O–H groups in total. The Labute approximate surface area is 119 Å². The van der Waals surface area contributed by atoms with Gasteiger partial charge in [-0.05, 0) is 31.0 Å². The summed E-state index contributed by atoms with van der Waals surface area (Å²) in [5.74, 6) is 4.21. The first-order valence-corrected chi connectivity index (χ1v) is 6.82. The summed E-state index contributed by atoms with van der Waals surface area (Å²) in [6.45, 7) is 4.94. The van der Waals surface area contributed by atoms with Crippen molar-refractivity contribution in [1.82, 2.24) is 4.90 Å². The number of hydrogen-bond donors (Lipinski definition) is 1. The largest absolute Gasteiger partial charge is 0.384 e. The van der Waals surface area contributed by atoms with Gasteiger partial charge < -0.3 is 10.0 Å². The molecule has 108 valence electrons. The summed E-state index contributed by atoms with van der Waals surface area (Å²) in [5, 5.41) is 8.60. The van der Waals surface area contributed by atoms with Gasteiger partial charge in [-0.15, -0.1) is 0 Å². The second-order valence-corrected chi connectivity index (χ2v) is 4.45. The molecule has 0 aliphatic rings. The van der Waals surface area contributed by atoms with Gasteiger partial charge in [-0.25, -0.2) is 4.39 Å². The predicted molar refractivity (Wildman–Crippen MR) is 76.8 cm³/mol. The van der Waals surface area contributed by atoms with Crippen LogP contribution in [0.5, 0.6) is 0 Å². The maximum Gasteiger partial charge on any atom is 0.256 e. The van der Waals surface area contributed by atoms with Gasteiger partial charge in [0.2, 0.25) is 0 Å². The zero-order valence-corrected chi connectivity index (χ0v) is 11.9. The Morgan fingerprint density at radius 3 is 2.45 bits per heavy atom.